The third-order valence-electron chi connectivity index (χ3n) is 3.30. The number of hydrogen-bond acceptors (Lipinski definition) is 5. The molecule has 7 heteroatoms. The molecule has 0 saturated carbocycles. The Labute approximate surface area is 130 Å². The third kappa shape index (κ3) is 3.57. The number of nitrogens with one attached hydrogen (secondary N) is 1. The highest BCUT2D eigenvalue weighted by atomic mass is 32.2. The normalized spacial score (nSPS) is 18.1. The van der Waals surface area contributed by atoms with Gasteiger partial charge in [0.05, 0.1) is 0 Å². The summed E-state index contributed by atoms with van der Waals surface area (Å²) in [4.78, 5) is 1.47. The minimum Gasteiger partial charge on any atom is -0.312 e. The molecule has 0 spiro atoms. The molecule has 114 valence electrons. The quantitative estimate of drug-likeness (QED) is 0.898. The molecule has 2 heterocycles. The second-order valence-electron chi connectivity index (χ2n) is 4.82. The van der Waals surface area contributed by atoms with E-state index in [1.54, 1.807) is 4.31 Å². The second-order valence-corrected chi connectivity index (χ2v) is 8.89. The lowest BCUT2D eigenvalue weighted by Gasteiger charge is -2.20. The Balaban J connectivity index is 2.30. The summed E-state index contributed by atoms with van der Waals surface area (Å²) in [6.45, 7) is 6.67. The Bertz CT molecular complexity index is 532. The highest BCUT2D eigenvalue weighted by Gasteiger charge is 2.30. The molecule has 0 unspecified atom stereocenters. The van der Waals surface area contributed by atoms with Crippen LogP contribution in [0.1, 0.15) is 23.8 Å². The molecule has 1 saturated heterocycles. The van der Waals surface area contributed by atoms with Gasteiger partial charge < -0.3 is 5.32 Å². The zero-order valence-electron chi connectivity index (χ0n) is 12.0. The van der Waals surface area contributed by atoms with Crippen molar-refractivity contribution in [1.82, 2.24) is 9.62 Å². The predicted molar refractivity (Wildman–Crippen MR) is 87.1 cm³/mol. The lowest BCUT2D eigenvalue weighted by atomic mass is 10.3. The van der Waals surface area contributed by atoms with Crippen molar-refractivity contribution in [3.05, 3.63) is 15.8 Å². The first-order valence-corrected chi connectivity index (χ1v) is 10.4. The van der Waals surface area contributed by atoms with Gasteiger partial charge in [-0.1, -0.05) is 6.92 Å². The van der Waals surface area contributed by atoms with Crippen molar-refractivity contribution >= 4 is 33.1 Å². The van der Waals surface area contributed by atoms with Gasteiger partial charge in [-0.3, -0.25) is 0 Å². The van der Waals surface area contributed by atoms with E-state index >= 15 is 0 Å². The van der Waals surface area contributed by atoms with Crippen LogP contribution in [0.4, 0.5) is 0 Å². The highest BCUT2D eigenvalue weighted by Crippen LogP contribution is 2.30. The molecule has 0 aliphatic carbocycles. The predicted octanol–water partition coefficient (Wildman–Crippen LogP) is 2.29. The summed E-state index contributed by atoms with van der Waals surface area (Å²) in [5, 5.41) is 5.18. The summed E-state index contributed by atoms with van der Waals surface area (Å²) < 4.78 is 27.5. The van der Waals surface area contributed by atoms with E-state index in [1.807, 2.05) is 31.0 Å². The lowest BCUT2D eigenvalue weighted by Crippen LogP contribution is -2.34. The van der Waals surface area contributed by atoms with Crippen LogP contribution in [0, 0.1) is 6.92 Å². The molecule has 0 radical (unpaired) electrons. The Kier molecular flexibility index (Phi) is 5.92. The topological polar surface area (TPSA) is 49.4 Å². The molecule has 1 aromatic heterocycles. The Morgan fingerprint density at radius 1 is 1.35 bits per heavy atom. The maximum Gasteiger partial charge on any atom is 0.244 e. The van der Waals surface area contributed by atoms with Crippen LogP contribution in [0.2, 0.25) is 0 Å². The van der Waals surface area contributed by atoms with Gasteiger partial charge in [0.15, 0.2) is 0 Å². The van der Waals surface area contributed by atoms with Gasteiger partial charge in [0, 0.05) is 30.3 Å². The van der Waals surface area contributed by atoms with Crippen molar-refractivity contribution in [3.63, 3.8) is 0 Å². The molecule has 1 fully saturated rings. The smallest absolute Gasteiger partial charge is 0.244 e. The van der Waals surface area contributed by atoms with Gasteiger partial charge in [-0.15, -0.1) is 11.3 Å². The standard InChI is InChI=1S/C13H22N2O2S3/c1-3-14-9-12-13(11(2)10-19-12)20(16,17)15-5-4-7-18-8-6-15/h10,14H,3-9H2,1-2H3. The van der Waals surface area contributed by atoms with Crippen LogP contribution in [0.25, 0.3) is 0 Å². The van der Waals surface area contributed by atoms with Crippen molar-refractivity contribution in [1.29, 1.82) is 0 Å². The van der Waals surface area contributed by atoms with Gasteiger partial charge in [0.2, 0.25) is 10.0 Å². The summed E-state index contributed by atoms with van der Waals surface area (Å²) in [6.07, 6.45) is 0.940. The van der Waals surface area contributed by atoms with Crippen molar-refractivity contribution in [2.24, 2.45) is 0 Å². The molecule has 0 amide bonds. The van der Waals surface area contributed by atoms with Crippen LogP contribution in [-0.4, -0.2) is 43.9 Å². The average molecular weight is 335 g/mol. The number of thioether (sulfide) groups is 1. The molecule has 0 bridgehead atoms. The van der Waals surface area contributed by atoms with E-state index in [9.17, 15) is 8.42 Å². The van der Waals surface area contributed by atoms with Gasteiger partial charge in [-0.25, -0.2) is 8.42 Å². The summed E-state index contributed by atoms with van der Waals surface area (Å²) in [5.74, 6) is 1.95. The fraction of sp³-hybridized carbons (Fsp3) is 0.692. The Hall–Kier alpha value is -0.0800. The van der Waals surface area contributed by atoms with Crippen molar-refractivity contribution in [2.45, 2.75) is 31.7 Å². The van der Waals surface area contributed by atoms with E-state index < -0.39 is 10.0 Å². The zero-order chi connectivity index (χ0) is 14.6. The Morgan fingerprint density at radius 2 is 2.15 bits per heavy atom. The van der Waals surface area contributed by atoms with Crippen molar-refractivity contribution < 1.29 is 8.42 Å². The SMILES string of the molecule is CCNCc1scc(C)c1S(=O)(=O)N1CCCSCC1. The minimum atomic E-state index is -3.34. The molecule has 0 atom stereocenters. The van der Waals surface area contributed by atoms with E-state index in [4.69, 9.17) is 0 Å². The van der Waals surface area contributed by atoms with Crippen molar-refractivity contribution in [2.75, 3.05) is 31.1 Å². The van der Waals surface area contributed by atoms with Crippen LogP contribution in [0.5, 0.6) is 0 Å². The number of sulfonamides is 1. The van der Waals surface area contributed by atoms with Gasteiger partial charge >= 0.3 is 0 Å². The summed E-state index contributed by atoms with van der Waals surface area (Å²) in [6, 6.07) is 0. The number of rotatable bonds is 5. The number of hydrogen-bond donors (Lipinski definition) is 1. The third-order valence-corrected chi connectivity index (χ3v) is 7.72. The zero-order valence-corrected chi connectivity index (χ0v) is 14.5. The maximum absolute atomic E-state index is 12.9. The summed E-state index contributed by atoms with van der Waals surface area (Å²) in [5.41, 5.74) is 0.875. The second kappa shape index (κ2) is 7.26. The average Bonchev–Trinajstić information content (AvgIpc) is 2.65. The van der Waals surface area contributed by atoms with E-state index in [0.29, 0.717) is 24.5 Å². The number of thiophene rings is 1. The molecule has 1 N–H and O–H groups in total. The first-order valence-electron chi connectivity index (χ1n) is 6.93. The molecule has 2 rings (SSSR count). The molecule has 1 aromatic rings. The van der Waals surface area contributed by atoms with Crippen LogP contribution in [-0.2, 0) is 16.6 Å². The van der Waals surface area contributed by atoms with Gasteiger partial charge in [-0.2, -0.15) is 16.1 Å². The number of aryl methyl sites for hydroxylation is 1. The molecule has 1 aliphatic heterocycles. The largest absolute Gasteiger partial charge is 0.312 e. The van der Waals surface area contributed by atoms with Gasteiger partial charge in [-0.05, 0) is 36.6 Å². The fourth-order valence-corrected chi connectivity index (χ4v) is 6.50. The van der Waals surface area contributed by atoms with Crippen molar-refractivity contribution in [3.8, 4) is 0 Å². The molecular formula is C13H22N2O2S3. The molecule has 0 aromatic carbocycles. The maximum atomic E-state index is 12.9. The Morgan fingerprint density at radius 3 is 2.90 bits per heavy atom. The molecule has 4 nitrogen and oxygen atoms in total. The number of nitrogens with zero attached hydrogens (tertiary/aromatic N) is 1. The van der Waals surface area contributed by atoms with Gasteiger partial charge in [0.1, 0.15) is 4.90 Å². The van der Waals surface area contributed by atoms with E-state index in [2.05, 4.69) is 5.32 Å². The lowest BCUT2D eigenvalue weighted by molar-refractivity contribution is 0.434. The molecular weight excluding hydrogens is 312 g/mol. The minimum absolute atomic E-state index is 0.537. The van der Waals surface area contributed by atoms with E-state index in [-0.39, 0.29) is 0 Å². The molecule has 1 aliphatic rings. The fourth-order valence-electron chi connectivity index (χ4n) is 2.29. The first-order chi connectivity index (χ1) is 9.57. The van der Waals surface area contributed by atoms with Crippen LogP contribution in [0.15, 0.2) is 10.3 Å². The first kappa shape index (κ1) is 16.3. The highest BCUT2D eigenvalue weighted by molar-refractivity contribution is 7.99. The summed E-state index contributed by atoms with van der Waals surface area (Å²) in [7, 11) is -3.34. The van der Waals surface area contributed by atoms with Crippen LogP contribution in [0.3, 0.4) is 0 Å². The molecule has 20 heavy (non-hydrogen) atoms. The van der Waals surface area contributed by atoms with Crippen LogP contribution >= 0.6 is 23.1 Å². The van der Waals surface area contributed by atoms with E-state index in [0.717, 1.165) is 34.9 Å². The van der Waals surface area contributed by atoms with Gasteiger partial charge in [0.25, 0.3) is 0 Å². The van der Waals surface area contributed by atoms with E-state index in [1.165, 1.54) is 11.3 Å². The van der Waals surface area contributed by atoms with Crippen LogP contribution < -0.4 is 5.32 Å². The summed E-state index contributed by atoms with van der Waals surface area (Å²) >= 11 is 3.38. The monoisotopic (exact) mass is 334 g/mol.